The Morgan fingerprint density at radius 3 is 2.82 bits per heavy atom. The number of methoxy groups -OCH3 is 2. The van der Waals surface area contributed by atoms with Crippen molar-refractivity contribution in [1.82, 2.24) is 9.97 Å². The van der Waals surface area contributed by atoms with Gasteiger partial charge in [-0.2, -0.15) is 9.97 Å². The van der Waals surface area contributed by atoms with Crippen LogP contribution in [0.3, 0.4) is 0 Å². The van der Waals surface area contributed by atoms with Gasteiger partial charge in [0.1, 0.15) is 11.5 Å². The van der Waals surface area contributed by atoms with Crippen LogP contribution in [0, 0.1) is 10.1 Å². The molecule has 0 radical (unpaired) electrons. The van der Waals surface area contributed by atoms with Crippen molar-refractivity contribution in [1.29, 1.82) is 0 Å². The Morgan fingerprint density at radius 1 is 1.36 bits per heavy atom. The molecular formula is C17H22N6O5. The van der Waals surface area contributed by atoms with Gasteiger partial charge in [0.15, 0.2) is 0 Å². The highest BCUT2D eigenvalue weighted by molar-refractivity contribution is 5.77. The Labute approximate surface area is 161 Å². The van der Waals surface area contributed by atoms with Crippen LogP contribution < -0.4 is 25.8 Å². The fraction of sp³-hybridized carbons (Fsp3) is 0.412. The number of hydrogen-bond acceptors (Lipinski definition) is 10. The number of nitrogens with zero attached hydrogens (tertiary/aromatic N) is 3. The zero-order chi connectivity index (χ0) is 20.1. The van der Waals surface area contributed by atoms with Crippen molar-refractivity contribution in [2.24, 2.45) is 0 Å². The highest BCUT2D eigenvalue weighted by Crippen LogP contribution is 2.36. The fourth-order valence-electron chi connectivity index (χ4n) is 2.87. The van der Waals surface area contributed by atoms with E-state index in [1.165, 1.54) is 14.2 Å². The molecule has 1 fully saturated rings. The summed E-state index contributed by atoms with van der Waals surface area (Å²) >= 11 is 0. The topological polar surface area (TPSA) is 147 Å². The summed E-state index contributed by atoms with van der Waals surface area (Å²) in [4.78, 5) is 19.1. The molecule has 28 heavy (non-hydrogen) atoms. The van der Waals surface area contributed by atoms with Crippen LogP contribution in [0.5, 0.6) is 11.5 Å². The molecule has 4 N–H and O–H groups in total. The lowest BCUT2D eigenvalue weighted by Crippen LogP contribution is -2.20. The van der Waals surface area contributed by atoms with Gasteiger partial charge in [0.05, 0.1) is 30.9 Å². The second-order valence-electron chi connectivity index (χ2n) is 6.09. The van der Waals surface area contributed by atoms with E-state index in [-0.39, 0.29) is 23.7 Å². The smallest absolute Gasteiger partial charge is 0.353 e. The third kappa shape index (κ3) is 4.31. The van der Waals surface area contributed by atoms with Crippen LogP contribution in [0.1, 0.15) is 12.8 Å². The summed E-state index contributed by atoms with van der Waals surface area (Å²) in [5, 5.41) is 17.4. The molecule has 11 nitrogen and oxygen atoms in total. The molecule has 1 aliphatic rings. The number of rotatable bonds is 8. The number of aromatic nitrogens is 2. The molecule has 1 saturated heterocycles. The summed E-state index contributed by atoms with van der Waals surface area (Å²) in [6.07, 6.45) is 1.98. The first-order valence-corrected chi connectivity index (χ1v) is 8.68. The Balaban J connectivity index is 1.92. The molecule has 2 aromatic rings. The summed E-state index contributed by atoms with van der Waals surface area (Å²) in [6, 6.07) is 5.02. The molecule has 11 heteroatoms. The molecule has 150 valence electrons. The maximum atomic E-state index is 11.5. The first kappa shape index (κ1) is 19.4. The molecule has 0 amide bonds. The minimum atomic E-state index is -0.631. The van der Waals surface area contributed by atoms with Gasteiger partial charge in [0.2, 0.25) is 17.6 Å². The predicted molar refractivity (Wildman–Crippen MR) is 103 cm³/mol. The van der Waals surface area contributed by atoms with E-state index < -0.39 is 10.6 Å². The normalized spacial score (nSPS) is 15.9. The van der Waals surface area contributed by atoms with Crippen molar-refractivity contribution in [2.45, 2.75) is 18.9 Å². The van der Waals surface area contributed by atoms with E-state index in [1.54, 1.807) is 18.2 Å². The molecule has 0 bridgehead atoms. The molecule has 0 aliphatic carbocycles. The lowest BCUT2D eigenvalue weighted by molar-refractivity contribution is -0.383. The minimum absolute atomic E-state index is 0.0508. The fourth-order valence-corrected chi connectivity index (χ4v) is 2.87. The second kappa shape index (κ2) is 8.57. The standard InChI is InChI=1S/C17H22N6O5/c1-26-10-5-6-13(27-2)12(8-10)20-16-14(23(24)25)15(18)21-17(22-16)19-9-11-4-3-7-28-11/h5-6,8,11H,3-4,7,9H2,1-2H3,(H4,18,19,20,21,22)/t11-/m1/s1. The summed E-state index contributed by atoms with van der Waals surface area (Å²) < 4.78 is 16.0. The van der Waals surface area contributed by atoms with Crippen molar-refractivity contribution in [3.63, 3.8) is 0 Å². The van der Waals surface area contributed by atoms with Crippen molar-refractivity contribution in [3.05, 3.63) is 28.3 Å². The summed E-state index contributed by atoms with van der Waals surface area (Å²) in [5.41, 5.74) is 5.84. The summed E-state index contributed by atoms with van der Waals surface area (Å²) in [7, 11) is 3.01. The van der Waals surface area contributed by atoms with Gasteiger partial charge in [-0.15, -0.1) is 0 Å². The molecule has 1 atom stereocenters. The zero-order valence-electron chi connectivity index (χ0n) is 15.6. The van der Waals surface area contributed by atoms with Crippen LogP contribution >= 0.6 is 0 Å². The number of benzene rings is 1. The summed E-state index contributed by atoms with van der Waals surface area (Å²) in [6.45, 7) is 1.21. The molecule has 0 saturated carbocycles. The van der Waals surface area contributed by atoms with Gasteiger partial charge in [0.25, 0.3) is 0 Å². The molecule has 1 aliphatic heterocycles. The number of nitrogen functional groups attached to an aromatic ring is 1. The Hall–Kier alpha value is -3.34. The van der Waals surface area contributed by atoms with Crippen LogP contribution in [-0.4, -0.2) is 48.4 Å². The lowest BCUT2D eigenvalue weighted by Gasteiger charge is -2.15. The SMILES string of the molecule is COc1ccc(OC)c(Nc2nc(NC[C@H]3CCCO3)nc(N)c2[N+](=O)[O-])c1. The number of nitrogens with one attached hydrogen (secondary N) is 2. The molecular weight excluding hydrogens is 368 g/mol. The minimum Gasteiger partial charge on any atom is -0.497 e. The van der Waals surface area contributed by atoms with Gasteiger partial charge in [-0.3, -0.25) is 10.1 Å². The molecule has 1 aromatic carbocycles. The van der Waals surface area contributed by atoms with E-state index in [2.05, 4.69) is 20.6 Å². The summed E-state index contributed by atoms with van der Waals surface area (Å²) in [5.74, 6) is 0.868. The van der Waals surface area contributed by atoms with Crippen molar-refractivity contribution in [2.75, 3.05) is 43.7 Å². The number of ether oxygens (including phenoxy) is 3. The van der Waals surface area contributed by atoms with E-state index in [4.69, 9.17) is 19.9 Å². The van der Waals surface area contributed by atoms with E-state index in [0.717, 1.165) is 19.4 Å². The van der Waals surface area contributed by atoms with Gasteiger partial charge >= 0.3 is 5.69 Å². The van der Waals surface area contributed by atoms with Crippen molar-refractivity contribution >= 4 is 29.0 Å². The first-order valence-electron chi connectivity index (χ1n) is 8.68. The second-order valence-corrected chi connectivity index (χ2v) is 6.09. The van der Waals surface area contributed by atoms with Gasteiger partial charge in [-0.25, -0.2) is 0 Å². The van der Waals surface area contributed by atoms with E-state index in [1.807, 2.05) is 0 Å². The molecule has 0 spiro atoms. The average Bonchev–Trinajstić information content (AvgIpc) is 3.19. The number of nitro groups is 1. The molecule has 2 heterocycles. The number of anilines is 4. The first-order chi connectivity index (χ1) is 13.5. The Bertz CT molecular complexity index is 856. The van der Waals surface area contributed by atoms with Gasteiger partial charge in [-0.1, -0.05) is 0 Å². The van der Waals surface area contributed by atoms with E-state index in [0.29, 0.717) is 23.7 Å². The van der Waals surface area contributed by atoms with Gasteiger partial charge in [0, 0.05) is 19.2 Å². The van der Waals surface area contributed by atoms with Crippen molar-refractivity contribution in [3.8, 4) is 11.5 Å². The number of hydrogen-bond donors (Lipinski definition) is 3. The van der Waals surface area contributed by atoms with E-state index in [9.17, 15) is 10.1 Å². The van der Waals surface area contributed by atoms with Crippen LogP contribution in [-0.2, 0) is 4.74 Å². The molecule has 1 aromatic heterocycles. The van der Waals surface area contributed by atoms with Crippen LogP contribution in [0.15, 0.2) is 18.2 Å². The Morgan fingerprint density at radius 2 is 2.18 bits per heavy atom. The van der Waals surface area contributed by atoms with Crippen LogP contribution in [0.4, 0.5) is 29.0 Å². The predicted octanol–water partition coefficient (Wildman–Crippen LogP) is 2.32. The maximum Gasteiger partial charge on any atom is 0.353 e. The highest BCUT2D eigenvalue weighted by atomic mass is 16.6. The number of nitrogens with two attached hydrogens (primary N) is 1. The van der Waals surface area contributed by atoms with Crippen LogP contribution in [0.25, 0.3) is 0 Å². The third-order valence-corrected chi connectivity index (χ3v) is 4.27. The maximum absolute atomic E-state index is 11.5. The van der Waals surface area contributed by atoms with Crippen LogP contribution in [0.2, 0.25) is 0 Å². The molecule has 3 rings (SSSR count). The third-order valence-electron chi connectivity index (χ3n) is 4.27. The van der Waals surface area contributed by atoms with Gasteiger partial charge < -0.3 is 30.6 Å². The lowest BCUT2D eigenvalue weighted by atomic mass is 10.2. The zero-order valence-corrected chi connectivity index (χ0v) is 15.6. The largest absolute Gasteiger partial charge is 0.497 e. The van der Waals surface area contributed by atoms with E-state index >= 15 is 0 Å². The monoisotopic (exact) mass is 390 g/mol. The molecule has 0 unspecified atom stereocenters. The Kier molecular flexibility index (Phi) is 5.94. The quantitative estimate of drug-likeness (QED) is 0.453. The van der Waals surface area contributed by atoms with Gasteiger partial charge in [-0.05, 0) is 25.0 Å². The highest BCUT2D eigenvalue weighted by Gasteiger charge is 2.25. The average molecular weight is 390 g/mol. The van der Waals surface area contributed by atoms with Crippen molar-refractivity contribution < 1.29 is 19.1 Å².